The summed E-state index contributed by atoms with van der Waals surface area (Å²) in [5, 5.41) is 3.15. The van der Waals surface area contributed by atoms with Gasteiger partial charge in [-0.3, -0.25) is 9.89 Å². The van der Waals surface area contributed by atoms with E-state index in [4.69, 9.17) is 4.74 Å². The Kier molecular flexibility index (Phi) is 3.25. The summed E-state index contributed by atoms with van der Waals surface area (Å²) < 4.78 is 6.70. The van der Waals surface area contributed by atoms with Gasteiger partial charge < -0.3 is 4.74 Å². The zero-order chi connectivity index (χ0) is 15.0. The van der Waals surface area contributed by atoms with Crippen molar-refractivity contribution in [3.05, 3.63) is 52.1 Å². The number of benzene rings is 1. The molecule has 0 amide bonds. The molecule has 2 aromatic heterocycles. The second kappa shape index (κ2) is 5.09. The normalized spacial score (nSPS) is 11.0. The van der Waals surface area contributed by atoms with E-state index in [-0.39, 0.29) is 5.56 Å². The molecule has 5 heteroatoms. The largest absolute Gasteiger partial charge is 0.497 e. The monoisotopic (exact) mass is 283 g/mol. The zero-order valence-corrected chi connectivity index (χ0v) is 12.3. The molecule has 1 N–H and O–H groups in total. The van der Waals surface area contributed by atoms with Crippen molar-refractivity contribution in [3.8, 4) is 16.9 Å². The molecule has 3 aromatic rings. The number of aromatic nitrogens is 3. The highest BCUT2D eigenvalue weighted by atomic mass is 16.5. The van der Waals surface area contributed by atoms with Crippen LogP contribution in [0.15, 0.2) is 35.1 Å². The van der Waals surface area contributed by atoms with Crippen LogP contribution in [0.5, 0.6) is 5.75 Å². The van der Waals surface area contributed by atoms with Gasteiger partial charge in [0, 0.05) is 23.0 Å². The lowest BCUT2D eigenvalue weighted by atomic mass is 10.0. The van der Waals surface area contributed by atoms with Gasteiger partial charge in [-0.2, -0.15) is 0 Å². The number of methoxy groups -OCH3 is 1. The Balaban J connectivity index is 2.31. The molecule has 0 aliphatic heterocycles. The lowest BCUT2D eigenvalue weighted by molar-refractivity contribution is 0.415. The molecule has 5 nitrogen and oxygen atoms in total. The average molecular weight is 283 g/mol. The minimum Gasteiger partial charge on any atom is -0.497 e. The van der Waals surface area contributed by atoms with Gasteiger partial charge in [0.25, 0.3) is 5.56 Å². The molecule has 0 aliphatic carbocycles. The summed E-state index contributed by atoms with van der Waals surface area (Å²) in [5.41, 5.74) is 4.28. The van der Waals surface area contributed by atoms with E-state index < -0.39 is 0 Å². The van der Waals surface area contributed by atoms with Crippen molar-refractivity contribution in [1.29, 1.82) is 0 Å². The van der Waals surface area contributed by atoms with E-state index in [9.17, 15) is 4.79 Å². The van der Waals surface area contributed by atoms with Gasteiger partial charge in [0.15, 0.2) is 5.65 Å². The van der Waals surface area contributed by atoms with Crippen LogP contribution in [0.1, 0.15) is 18.3 Å². The van der Waals surface area contributed by atoms with Crippen molar-refractivity contribution >= 4 is 5.65 Å². The number of nitrogens with one attached hydrogen (secondary N) is 1. The van der Waals surface area contributed by atoms with Crippen molar-refractivity contribution in [2.24, 2.45) is 0 Å². The Morgan fingerprint density at radius 2 is 2.00 bits per heavy atom. The lowest BCUT2D eigenvalue weighted by Gasteiger charge is -2.04. The molecule has 0 radical (unpaired) electrons. The number of hydrogen-bond donors (Lipinski definition) is 1. The number of ether oxygens (including phenoxy) is 1. The molecule has 2 heterocycles. The van der Waals surface area contributed by atoms with E-state index in [1.54, 1.807) is 7.11 Å². The van der Waals surface area contributed by atoms with Crippen LogP contribution in [0, 0.1) is 6.92 Å². The van der Waals surface area contributed by atoms with Crippen molar-refractivity contribution in [3.63, 3.8) is 0 Å². The first kappa shape index (κ1) is 13.4. The predicted octanol–water partition coefficient (Wildman–Crippen LogP) is 2.57. The summed E-state index contributed by atoms with van der Waals surface area (Å²) in [7, 11) is 1.64. The number of hydrogen-bond acceptors (Lipinski definition) is 3. The van der Waals surface area contributed by atoms with Gasteiger partial charge in [0.2, 0.25) is 0 Å². The van der Waals surface area contributed by atoms with Crippen LogP contribution in [-0.4, -0.2) is 21.7 Å². The third-order valence-electron chi connectivity index (χ3n) is 3.55. The van der Waals surface area contributed by atoms with E-state index in [0.717, 1.165) is 34.7 Å². The molecule has 0 saturated carbocycles. The summed E-state index contributed by atoms with van der Waals surface area (Å²) in [6.07, 6.45) is 0.795. The maximum absolute atomic E-state index is 12.1. The van der Waals surface area contributed by atoms with Crippen LogP contribution in [0.2, 0.25) is 0 Å². The highest BCUT2D eigenvalue weighted by Gasteiger charge is 2.15. The first-order chi connectivity index (χ1) is 10.1. The van der Waals surface area contributed by atoms with E-state index in [0.29, 0.717) is 5.65 Å². The molecular weight excluding hydrogens is 266 g/mol. The molecular formula is C16H17N3O2. The molecule has 0 unspecified atom stereocenters. The fraction of sp³-hybridized carbons (Fsp3) is 0.250. The summed E-state index contributed by atoms with van der Waals surface area (Å²) in [4.78, 5) is 16.6. The minimum absolute atomic E-state index is 0.0908. The standard InChI is InChI=1S/C16H17N3O2/c1-4-13-15(11-5-7-12(21-3)8-6-11)16-17-10(2)9-14(20)19(16)18-13/h5-9,18H,4H2,1-3H3. The molecule has 0 bridgehead atoms. The minimum atomic E-state index is -0.0908. The van der Waals surface area contributed by atoms with E-state index in [1.807, 2.05) is 31.2 Å². The van der Waals surface area contributed by atoms with Gasteiger partial charge in [0.1, 0.15) is 5.75 Å². The number of aromatic amines is 1. The molecule has 3 rings (SSSR count). The van der Waals surface area contributed by atoms with Crippen LogP contribution in [0.25, 0.3) is 16.8 Å². The third kappa shape index (κ3) is 2.20. The second-order valence-electron chi connectivity index (χ2n) is 4.94. The molecule has 21 heavy (non-hydrogen) atoms. The van der Waals surface area contributed by atoms with Gasteiger partial charge in [0.05, 0.1) is 7.11 Å². The summed E-state index contributed by atoms with van der Waals surface area (Å²) in [6, 6.07) is 9.31. The summed E-state index contributed by atoms with van der Waals surface area (Å²) in [5.74, 6) is 0.804. The number of fused-ring (bicyclic) bond motifs is 1. The van der Waals surface area contributed by atoms with Crippen molar-refractivity contribution in [2.45, 2.75) is 20.3 Å². The SMILES string of the molecule is CCc1[nH]n2c(=O)cc(C)nc2c1-c1ccc(OC)cc1. The Morgan fingerprint density at radius 1 is 1.29 bits per heavy atom. The zero-order valence-electron chi connectivity index (χ0n) is 12.3. The number of nitrogens with zero attached hydrogens (tertiary/aromatic N) is 2. The maximum Gasteiger partial charge on any atom is 0.272 e. The first-order valence-corrected chi connectivity index (χ1v) is 6.89. The second-order valence-corrected chi connectivity index (χ2v) is 4.94. The molecule has 108 valence electrons. The van der Waals surface area contributed by atoms with Crippen LogP contribution in [0.4, 0.5) is 0 Å². The molecule has 0 spiro atoms. The summed E-state index contributed by atoms with van der Waals surface area (Å²) >= 11 is 0. The van der Waals surface area contributed by atoms with Gasteiger partial charge in [-0.15, -0.1) is 0 Å². The van der Waals surface area contributed by atoms with E-state index >= 15 is 0 Å². The number of aryl methyl sites for hydroxylation is 2. The van der Waals surface area contributed by atoms with Crippen LogP contribution in [-0.2, 0) is 6.42 Å². The van der Waals surface area contributed by atoms with Gasteiger partial charge in [-0.05, 0) is 31.0 Å². The quantitative estimate of drug-likeness (QED) is 0.803. The molecule has 0 fully saturated rings. The Labute approximate surface area is 122 Å². The Bertz CT molecular complexity index is 844. The lowest BCUT2D eigenvalue weighted by Crippen LogP contribution is -2.14. The first-order valence-electron chi connectivity index (χ1n) is 6.89. The Hall–Kier alpha value is -2.56. The van der Waals surface area contributed by atoms with Crippen molar-refractivity contribution in [2.75, 3.05) is 7.11 Å². The predicted molar refractivity (Wildman–Crippen MR) is 81.9 cm³/mol. The Morgan fingerprint density at radius 3 is 2.62 bits per heavy atom. The highest BCUT2D eigenvalue weighted by molar-refractivity contribution is 5.80. The van der Waals surface area contributed by atoms with Crippen molar-refractivity contribution < 1.29 is 4.74 Å². The third-order valence-corrected chi connectivity index (χ3v) is 3.55. The fourth-order valence-corrected chi connectivity index (χ4v) is 2.52. The molecule has 0 atom stereocenters. The highest BCUT2D eigenvalue weighted by Crippen LogP contribution is 2.28. The van der Waals surface area contributed by atoms with Gasteiger partial charge >= 0.3 is 0 Å². The van der Waals surface area contributed by atoms with Gasteiger partial charge in [-0.1, -0.05) is 19.1 Å². The number of H-pyrrole nitrogens is 1. The fourth-order valence-electron chi connectivity index (χ4n) is 2.52. The van der Waals surface area contributed by atoms with Crippen LogP contribution < -0.4 is 10.3 Å². The van der Waals surface area contributed by atoms with Crippen LogP contribution >= 0.6 is 0 Å². The average Bonchev–Trinajstić information content (AvgIpc) is 2.86. The molecule has 1 aromatic carbocycles. The van der Waals surface area contributed by atoms with Crippen LogP contribution in [0.3, 0.4) is 0 Å². The topological polar surface area (TPSA) is 59.4 Å². The van der Waals surface area contributed by atoms with E-state index in [1.165, 1.54) is 10.6 Å². The maximum atomic E-state index is 12.1. The molecule has 0 aliphatic rings. The van der Waals surface area contributed by atoms with Gasteiger partial charge in [-0.25, -0.2) is 9.50 Å². The van der Waals surface area contributed by atoms with Crippen molar-refractivity contribution in [1.82, 2.24) is 14.6 Å². The summed E-state index contributed by atoms with van der Waals surface area (Å²) in [6.45, 7) is 3.88. The van der Waals surface area contributed by atoms with E-state index in [2.05, 4.69) is 17.0 Å². The smallest absolute Gasteiger partial charge is 0.272 e. The number of rotatable bonds is 3. The molecule has 0 saturated heterocycles.